The summed E-state index contributed by atoms with van der Waals surface area (Å²) in [4.78, 5) is 19.4. The lowest BCUT2D eigenvalue weighted by Crippen LogP contribution is -2.43. The molecule has 7 nitrogen and oxygen atoms in total. The van der Waals surface area contributed by atoms with Crippen molar-refractivity contribution in [2.24, 2.45) is 0 Å². The molecule has 0 bridgehead atoms. The Morgan fingerprint density at radius 2 is 1.74 bits per heavy atom. The van der Waals surface area contributed by atoms with E-state index in [0.29, 0.717) is 17.1 Å². The van der Waals surface area contributed by atoms with Crippen LogP contribution in [0.3, 0.4) is 0 Å². The Morgan fingerprint density at radius 1 is 0.935 bits per heavy atom. The Kier molecular flexibility index (Phi) is 3.92. The van der Waals surface area contributed by atoms with Crippen LogP contribution in [0, 0.1) is 0 Å². The smallest absolute Gasteiger partial charge is 0.262 e. The summed E-state index contributed by atoms with van der Waals surface area (Å²) in [6.45, 7) is 0.187. The van der Waals surface area contributed by atoms with Crippen molar-refractivity contribution < 1.29 is 14.3 Å². The predicted octanol–water partition coefficient (Wildman–Crippen LogP) is 4.37. The van der Waals surface area contributed by atoms with E-state index < -0.39 is 0 Å². The molecule has 6 rings (SSSR count). The van der Waals surface area contributed by atoms with Gasteiger partial charge in [-0.2, -0.15) is 0 Å². The van der Waals surface area contributed by atoms with E-state index in [0.717, 1.165) is 22.6 Å². The van der Waals surface area contributed by atoms with Crippen molar-refractivity contribution in [2.45, 2.75) is 6.17 Å². The van der Waals surface area contributed by atoms with Gasteiger partial charge in [0.2, 0.25) is 6.79 Å². The number of amides is 1. The van der Waals surface area contributed by atoms with E-state index in [4.69, 9.17) is 9.47 Å². The zero-order valence-corrected chi connectivity index (χ0v) is 16.4. The maximum absolute atomic E-state index is 13.6. The highest BCUT2D eigenvalue weighted by molar-refractivity contribution is 6.12. The molecule has 0 fully saturated rings. The molecule has 0 saturated heterocycles. The van der Waals surface area contributed by atoms with E-state index in [2.05, 4.69) is 10.3 Å². The number of carbonyl (C=O) groups excluding carboxylic acids is 1. The summed E-state index contributed by atoms with van der Waals surface area (Å²) >= 11 is 0. The van der Waals surface area contributed by atoms with Crippen LogP contribution in [-0.4, -0.2) is 22.3 Å². The maximum Gasteiger partial charge on any atom is 0.262 e. The highest BCUT2D eigenvalue weighted by atomic mass is 16.7. The monoisotopic (exact) mass is 410 g/mol. The Balaban J connectivity index is 1.44. The number of imidazole rings is 1. The third kappa shape index (κ3) is 2.90. The second-order valence-corrected chi connectivity index (χ2v) is 7.37. The van der Waals surface area contributed by atoms with Crippen molar-refractivity contribution >= 4 is 17.3 Å². The van der Waals surface area contributed by atoms with Gasteiger partial charge in [-0.3, -0.25) is 9.69 Å². The highest BCUT2D eigenvalue weighted by Gasteiger charge is 2.34. The summed E-state index contributed by atoms with van der Waals surface area (Å²) in [7, 11) is 0. The molecule has 0 spiro atoms. The number of fused-ring (bicyclic) bond motifs is 2. The summed E-state index contributed by atoms with van der Waals surface area (Å²) in [5, 5.41) is 3.53. The minimum Gasteiger partial charge on any atom is -0.454 e. The maximum atomic E-state index is 13.6. The normalized spacial score (nSPS) is 16.7. The number of anilines is 2. The van der Waals surface area contributed by atoms with Crippen molar-refractivity contribution in [3.63, 3.8) is 0 Å². The largest absolute Gasteiger partial charge is 0.454 e. The van der Waals surface area contributed by atoms with Crippen molar-refractivity contribution in [3.05, 3.63) is 96.6 Å². The number of nitrogens with one attached hydrogen (secondary N) is 1. The second-order valence-electron chi connectivity index (χ2n) is 7.37. The predicted molar refractivity (Wildman–Crippen MR) is 116 cm³/mol. The Bertz CT molecular complexity index is 1270. The standard InChI is InChI=1S/C24H18N4O3/c29-24-19-3-1-2-4-20(19)26-23(16-5-7-17(8-6-16)27-12-11-25-14-27)28(24)18-9-10-21-22(13-18)31-15-30-21/h1-14,23,26H,15H2/t23-/m0/s1. The number of carbonyl (C=O) groups is 1. The minimum atomic E-state index is -0.375. The van der Waals surface area contributed by atoms with E-state index in [-0.39, 0.29) is 18.9 Å². The number of para-hydroxylation sites is 1. The molecule has 1 aromatic heterocycles. The van der Waals surface area contributed by atoms with Gasteiger partial charge in [0, 0.05) is 29.8 Å². The van der Waals surface area contributed by atoms with E-state index in [1.54, 1.807) is 17.4 Å². The molecule has 7 heteroatoms. The first kappa shape index (κ1) is 17.6. The van der Waals surface area contributed by atoms with Crippen molar-refractivity contribution in [1.29, 1.82) is 0 Å². The summed E-state index contributed by atoms with van der Waals surface area (Å²) in [6, 6.07) is 21.2. The first-order valence-corrected chi connectivity index (χ1v) is 9.95. The molecule has 3 aromatic carbocycles. The Labute approximate surface area is 178 Å². The molecule has 0 unspecified atom stereocenters. The number of hydrogen-bond donors (Lipinski definition) is 1. The number of nitrogens with zero attached hydrogens (tertiary/aromatic N) is 3. The average Bonchev–Trinajstić information content (AvgIpc) is 3.51. The van der Waals surface area contributed by atoms with Gasteiger partial charge in [0.1, 0.15) is 6.17 Å². The van der Waals surface area contributed by atoms with E-state index in [1.807, 2.05) is 77.5 Å². The van der Waals surface area contributed by atoms with Gasteiger partial charge in [0.05, 0.1) is 17.6 Å². The van der Waals surface area contributed by atoms with Gasteiger partial charge in [0.15, 0.2) is 11.5 Å². The quantitative estimate of drug-likeness (QED) is 0.543. The molecule has 1 N–H and O–H groups in total. The lowest BCUT2D eigenvalue weighted by molar-refractivity contribution is 0.0975. The molecule has 0 radical (unpaired) electrons. The zero-order valence-electron chi connectivity index (χ0n) is 16.4. The number of ether oxygens (including phenoxy) is 2. The average molecular weight is 410 g/mol. The van der Waals surface area contributed by atoms with Crippen molar-refractivity contribution in [3.8, 4) is 17.2 Å². The third-order valence-corrected chi connectivity index (χ3v) is 5.57. The number of benzene rings is 3. The van der Waals surface area contributed by atoms with Crippen molar-refractivity contribution in [1.82, 2.24) is 9.55 Å². The van der Waals surface area contributed by atoms with Gasteiger partial charge in [0.25, 0.3) is 5.91 Å². The summed E-state index contributed by atoms with van der Waals surface area (Å²) in [5.41, 5.74) is 4.14. The fourth-order valence-corrected chi connectivity index (χ4v) is 4.03. The Morgan fingerprint density at radius 3 is 2.58 bits per heavy atom. The fourth-order valence-electron chi connectivity index (χ4n) is 4.03. The molecule has 2 aliphatic rings. The van der Waals surface area contributed by atoms with Gasteiger partial charge < -0.3 is 19.4 Å². The number of rotatable bonds is 3. The van der Waals surface area contributed by atoms with Gasteiger partial charge >= 0.3 is 0 Å². The molecular weight excluding hydrogens is 392 g/mol. The molecule has 0 saturated carbocycles. The van der Waals surface area contributed by atoms with Crippen LogP contribution >= 0.6 is 0 Å². The SMILES string of the molecule is O=C1c2ccccc2N[C@H](c2ccc(-n3ccnc3)cc2)N1c1ccc2c(c1)OCO2. The van der Waals surface area contributed by atoms with Crippen LogP contribution in [-0.2, 0) is 0 Å². The van der Waals surface area contributed by atoms with E-state index in [9.17, 15) is 4.79 Å². The van der Waals surface area contributed by atoms with Crippen LogP contribution in [0.25, 0.3) is 5.69 Å². The molecule has 4 aromatic rings. The van der Waals surface area contributed by atoms with Crippen LogP contribution in [0.15, 0.2) is 85.5 Å². The van der Waals surface area contributed by atoms with Crippen LogP contribution in [0.1, 0.15) is 22.1 Å². The molecule has 2 aliphatic heterocycles. The fraction of sp³-hybridized carbons (Fsp3) is 0.0833. The van der Waals surface area contributed by atoms with Crippen LogP contribution in [0.5, 0.6) is 11.5 Å². The highest BCUT2D eigenvalue weighted by Crippen LogP contribution is 2.41. The minimum absolute atomic E-state index is 0.0723. The summed E-state index contributed by atoms with van der Waals surface area (Å²) < 4.78 is 12.9. The molecule has 1 amide bonds. The van der Waals surface area contributed by atoms with Gasteiger partial charge in [-0.05, 0) is 42.0 Å². The van der Waals surface area contributed by atoms with Gasteiger partial charge in [-0.25, -0.2) is 4.98 Å². The molecular formula is C24H18N4O3. The molecule has 3 heterocycles. The van der Waals surface area contributed by atoms with Gasteiger partial charge in [-0.1, -0.05) is 24.3 Å². The van der Waals surface area contributed by atoms with Gasteiger partial charge in [-0.15, -0.1) is 0 Å². The molecule has 152 valence electrons. The first-order chi connectivity index (χ1) is 15.3. The molecule has 1 atom stereocenters. The van der Waals surface area contributed by atoms with Crippen LogP contribution in [0.2, 0.25) is 0 Å². The molecule has 31 heavy (non-hydrogen) atoms. The summed E-state index contributed by atoms with van der Waals surface area (Å²) in [5.74, 6) is 1.25. The molecule has 0 aliphatic carbocycles. The van der Waals surface area contributed by atoms with Crippen molar-refractivity contribution in [2.75, 3.05) is 17.0 Å². The van der Waals surface area contributed by atoms with E-state index in [1.165, 1.54) is 0 Å². The number of aromatic nitrogens is 2. The van der Waals surface area contributed by atoms with Crippen LogP contribution in [0.4, 0.5) is 11.4 Å². The Hall–Kier alpha value is -4.26. The topological polar surface area (TPSA) is 68.6 Å². The lowest BCUT2D eigenvalue weighted by atomic mass is 10.0. The first-order valence-electron chi connectivity index (χ1n) is 9.95. The summed E-state index contributed by atoms with van der Waals surface area (Å²) in [6.07, 6.45) is 5.02. The van der Waals surface area contributed by atoms with E-state index >= 15 is 0 Å². The van der Waals surface area contributed by atoms with Crippen LogP contribution < -0.4 is 19.7 Å². The third-order valence-electron chi connectivity index (χ3n) is 5.57. The zero-order chi connectivity index (χ0) is 20.8. The second kappa shape index (κ2) is 6.91. The lowest BCUT2D eigenvalue weighted by Gasteiger charge is -2.38. The number of hydrogen-bond acceptors (Lipinski definition) is 5.